The van der Waals surface area contributed by atoms with E-state index in [1.165, 1.54) is 12.0 Å². The lowest BCUT2D eigenvalue weighted by Gasteiger charge is -2.34. The van der Waals surface area contributed by atoms with Crippen LogP contribution in [0.5, 0.6) is 0 Å². The topological polar surface area (TPSA) is 36.9 Å². The van der Waals surface area contributed by atoms with Gasteiger partial charge < -0.3 is 15.0 Å². The maximum absolute atomic E-state index is 5.60. The normalized spacial score (nSPS) is 18.6. The third-order valence-electron chi connectivity index (χ3n) is 5.68. The van der Waals surface area contributed by atoms with Crippen molar-refractivity contribution in [2.75, 3.05) is 39.9 Å². The number of likely N-dealkylation sites (tertiary alicyclic amines) is 1. The van der Waals surface area contributed by atoms with E-state index in [2.05, 4.69) is 66.3 Å². The van der Waals surface area contributed by atoms with Crippen molar-refractivity contribution < 1.29 is 4.74 Å². The van der Waals surface area contributed by atoms with E-state index in [1.54, 1.807) is 0 Å². The molecule has 1 heterocycles. The first-order chi connectivity index (χ1) is 12.2. The van der Waals surface area contributed by atoms with Crippen LogP contribution in [0.2, 0.25) is 0 Å². The molecular weight excluding hydrogens is 310 g/mol. The van der Waals surface area contributed by atoms with Gasteiger partial charge in [0.2, 0.25) is 0 Å². The molecule has 1 aromatic carbocycles. The number of ether oxygens (including phenoxy) is 1. The van der Waals surface area contributed by atoms with Crippen molar-refractivity contribution >= 4 is 5.96 Å². The standard InChI is InChI=1S/C21H35N3O/c1-5-21(6-2,19-11-9-8-10-12-19)17-23-20(22-4)24-14-13-18(15-24)16-25-7-3/h8-12,18H,5-7,13-17H2,1-4H3,(H,22,23). The zero-order chi connectivity index (χ0) is 18.1. The molecule has 4 heteroatoms. The van der Waals surface area contributed by atoms with Gasteiger partial charge in [0.05, 0.1) is 6.61 Å². The van der Waals surface area contributed by atoms with Crippen molar-refractivity contribution in [1.82, 2.24) is 10.2 Å². The highest BCUT2D eigenvalue weighted by Crippen LogP contribution is 2.31. The van der Waals surface area contributed by atoms with Gasteiger partial charge in [0.1, 0.15) is 0 Å². The predicted molar refractivity (Wildman–Crippen MR) is 106 cm³/mol. The van der Waals surface area contributed by atoms with E-state index in [9.17, 15) is 0 Å². The van der Waals surface area contributed by atoms with Gasteiger partial charge in [-0.3, -0.25) is 4.99 Å². The second-order valence-corrected chi connectivity index (χ2v) is 7.01. The number of nitrogens with one attached hydrogen (secondary N) is 1. The summed E-state index contributed by atoms with van der Waals surface area (Å²) in [7, 11) is 1.89. The van der Waals surface area contributed by atoms with Gasteiger partial charge in [-0.1, -0.05) is 44.2 Å². The summed E-state index contributed by atoms with van der Waals surface area (Å²) in [6.45, 7) is 11.3. The Labute approximate surface area is 153 Å². The number of benzene rings is 1. The average molecular weight is 346 g/mol. The number of rotatable bonds is 8. The van der Waals surface area contributed by atoms with Gasteiger partial charge in [-0.2, -0.15) is 0 Å². The van der Waals surface area contributed by atoms with Crippen LogP contribution in [0.25, 0.3) is 0 Å². The molecule has 1 aromatic rings. The van der Waals surface area contributed by atoms with Gasteiger partial charge >= 0.3 is 0 Å². The monoisotopic (exact) mass is 345 g/mol. The lowest BCUT2D eigenvalue weighted by atomic mass is 9.76. The van der Waals surface area contributed by atoms with Gasteiger partial charge in [0.15, 0.2) is 5.96 Å². The Balaban J connectivity index is 1.99. The Morgan fingerprint density at radius 1 is 1.24 bits per heavy atom. The van der Waals surface area contributed by atoms with Crippen LogP contribution in [0.4, 0.5) is 0 Å². The molecule has 1 unspecified atom stereocenters. The summed E-state index contributed by atoms with van der Waals surface area (Å²) >= 11 is 0. The highest BCUT2D eigenvalue weighted by Gasteiger charge is 2.30. The van der Waals surface area contributed by atoms with Crippen LogP contribution in [-0.4, -0.2) is 50.8 Å². The fourth-order valence-corrected chi connectivity index (χ4v) is 3.83. The van der Waals surface area contributed by atoms with Crippen LogP contribution in [0.1, 0.15) is 45.6 Å². The summed E-state index contributed by atoms with van der Waals surface area (Å²) in [5.41, 5.74) is 1.57. The summed E-state index contributed by atoms with van der Waals surface area (Å²) in [4.78, 5) is 6.92. The molecule has 1 atom stereocenters. The first kappa shape index (κ1) is 19.8. The fourth-order valence-electron chi connectivity index (χ4n) is 3.83. The lowest BCUT2D eigenvalue weighted by molar-refractivity contribution is 0.114. The maximum atomic E-state index is 5.60. The van der Waals surface area contributed by atoms with E-state index in [-0.39, 0.29) is 5.41 Å². The molecule has 4 nitrogen and oxygen atoms in total. The molecule has 0 bridgehead atoms. The minimum atomic E-state index is 0.154. The Hall–Kier alpha value is -1.55. The van der Waals surface area contributed by atoms with Crippen LogP contribution in [0.15, 0.2) is 35.3 Å². The molecule has 1 fully saturated rings. The summed E-state index contributed by atoms with van der Waals surface area (Å²) in [6.07, 6.45) is 3.42. The summed E-state index contributed by atoms with van der Waals surface area (Å²) in [5, 5.41) is 3.66. The van der Waals surface area contributed by atoms with Crippen LogP contribution in [0, 0.1) is 5.92 Å². The van der Waals surface area contributed by atoms with E-state index in [4.69, 9.17) is 4.74 Å². The van der Waals surface area contributed by atoms with Crippen molar-refractivity contribution in [1.29, 1.82) is 0 Å². The average Bonchev–Trinajstić information content (AvgIpc) is 3.13. The number of hydrogen-bond donors (Lipinski definition) is 1. The lowest BCUT2D eigenvalue weighted by Crippen LogP contribution is -2.46. The van der Waals surface area contributed by atoms with E-state index in [0.717, 1.165) is 51.6 Å². The van der Waals surface area contributed by atoms with Crippen molar-refractivity contribution in [2.45, 2.75) is 45.4 Å². The zero-order valence-corrected chi connectivity index (χ0v) is 16.4. The number of aliphatic imine (C=N–C) groups is 1. The minimum absolute atomic E-state index is 0.154. The van der Waals surface area contributed by atoms with Crippen LogP contribution < -0.4 is 5.32 Å². The molecule has 0 spiro atoms. The minimum Gasteiger partial charge on any atom is -0.381 e. The Kier molecular flexibility index (Phi) is 7.76. The van der Waals surface area contributed by atoms with Gasteiger partial charge in [0, 0.05) is 44.6 Å². The predicted octanol–water partition coefficient (Wildman–Crippen LogP) is 3.68. The Bertz CT molecular complexity index is 525. The first-order valence-corrected chi connectivity index (χ1v) is 9.78. The number of guanidine groups is 1. The molecule has 1 aliphatic heterocycles. The van der Waals surface area contributed by atoms with Gasteiger partial charge in [-0.15, -0.1) is 0 Å². The molecule has 0 aliphatic carbocycles. The smallest absolute Gasteiger partial charge is 0.193 e. The Morgan fingerprint density at radius 2 is 1.96 bits per heavy atom. The summed E-state index contributed by atoms with van der Waals surface area (Å²) in [6, 6.07) is 10.9. The molecule has 1 N–H and O–H groups in total. The molecule has 0 saturated carbocycles. The number of nitrogens with zero attached hydrogens (tertiary/aromatic N) is 2. The Morgan fingerprint density at radius 3 is 2.56 bits per heavy atom. The molecule has 1 saturated heterocycles. The van der Waals surface area contributed by atoms with Crippen LogP contribution in [-0.2, 0) is 10.2 Å². The molecule has 0 aromatic heterocycles. The fraction of sp³-hybridized carbons (Fsp3) is 0.667. The quantitative estimate of drug-likeness (QED) is 0.577. The van der Waals surface area contributed by atoms with E-state index in [0.29, 0.717) is 5.92 Å². The SMILES string of the molecule is CCOCC1CCN(C(=NC)NCC(CC)(CC)c2ccccc2)C1. The van der Waals surface area contributed by atoms with Crippen LogP contribution in [0.3, 0.4) is 0 Å². The maximum Gasteiger partial charge on any atom is 0.193 e. The van der Waals surface area contributed by atoms with Gasteiger partial charge in [-0.05, 0) is 31.7 Å². The van der Waals surface area contributed by atoms with Crippen molar-refractivity contribution in [3.05, 3.63) is 35.9 Å². The molecule has 140 valence electrons. The summed E-state index contributed by atoms with van der Waals surface area (Å²) < 4.78 is 5.60. The van der Waals surface area contributed by atoms with E-state index in [1.807, 2.05) is 7.05 Å². The molecule has 2 rings (SSSR count). The second kappa shape index (κ2) is 9.81. The van der Waals surface area contributed by atoms with E-state index < -0.39 is 0 Å². The van der Waals surface area contributed by atoms with Crippen molar-refractivity contribution in [2.24, 2.45) is 10.9 Å². The molecule has 0 amide bonds. The van der Waals surface area contributed by atoms with Gasteiger partial charge in [0.25, 0.3) is 0 Å². The van der Waals surface area contributed by atoms with Crippen molar-refractivity contribution in [3.63, 3.8) is 0 Å². The highest BCUT2D eigenvalue weighted by atomic mass is 16.5. The third-order valence-corrected chi connectivity index (χ3v) is 5.68. The second-order valence-electron chi connectivity index (χ2n) is 7.01. The largest absolute Gasteiger partial charge is 0.381 e. The van der Waals surface area contributed by atoms with Crippen LogP contribution >= 0.6 is 0 Å². The summed E-state index contributed by atoms with van der Waals surface area (Å²) in [5.74, 6) is 1.65. The highest BCUT2D eigenvalue weighted by molar-refractivity contribution is 5.80. The molecule has 0 radical (unpaired) electrons. The molecular formula is C21H35N3O. The molecule has 25 heavy (non-hydrogen) atoms. The number of hydrogen-bond acceptors (Lipinski definition) is 2. The third kappa shape index (κ3) is 4.97. The zero-order valence-electron chi connectivity index (χ0n) is 16.4. The first-order valence-electron chi connectivity index (χ1n) is 9.78. The molecule has 1 aliphatic rings. The van der Waals surface area contributed by atoms with Crippen molar-refractivity contribution in [3.8, 4) is 0 Å². The van der Waals surface area contributed by atoms with E-state index >= 15 is 0 Å². The van der Waals surface area contributed by atoms with Gasteiger partial charge in [-0.25, -0.2) is 0 Å².